The van der Waals surface area contributed by atoms with Crippen LogP contribution in [0.25, 0.3) is 0 Å². The second-order valence-electron chi connectivity index (χ2n) is 3.77. The summed E-state index contributed by atoms with van der Waals surface area (Å²) in [6.45, 7) is 0. The Morgan fingerprint density at radius 2 is 2.15 bits per heavy atom. The molecule has 1 aromatic rings. The van der Waals surface area contributed by atoms with E-state index < -0.39 is 0 Å². The van der Waals surface area contributed by atoms with Crippen molar-refractivity contribution in [3.05, 3.63) is 33.8 Å². The molecule has 0 radical (unpaired) electrons. The average molecular weight is 240 g/mol. The summed E-state index contributed by atoms with van der Waals surface area (Å²) in [4.78, 5) is 0. The van der Waals surface area contributed by atoms with Crippen molar-refractivity contribution in [1.82, 2.24) is 0 Å². The second kappa shape index (κ2) is 3.81. The molecule has 0 amide bonds. The smallest absolute Gasteiger partial charge is 0.0178 e. The average Bonchev–Trinajstić information content (AvgIpc) is 2.25. The minimum absolute atomic E-state index is 0.357. The predicted molar refractivity (Wildman–Crippen MR) is 58.8 cm³/mol. The van der Waals surface area contributed by atoms with Crippen LogP contribution >= 0.6 is 15.9 Å². The van der Waals surface area contributed by atoms with Crippen molar-refractivity contribution in [2.75, 3.05) is 0 Å². The maximum absolute atomic E-state index is 5.98. The molecule has 0 aromatic heterocycles. The van der Waals surface area contributed by atoms with Crippen molar-refractivity contribution in [1.29, 1.82) is 0 Å². The van der Waals surface area contributed by atoms with Crippen LogP contribution in [0.3, 0.4) is 0 Å². The van der Waals surface area contributed by atoms with Gasteiger partial charge in [0.15, 0.2) is 0 Å². The van der Waals surface area contributed by atoms with E-state index in [1.807, 2.05) is 0 Å². The third-order valence-electron chi connectivity index (χ3n) is 2.67. The molecule has 1 aliphatic rings. The highest BCUT2D eigenvalue weighted by Gasteiger charge is 2.13. The summed E-state index contributed by atoms with van der Waals surface area (Å²) in [7, 11) is 0. The van der Waals surface area contributed by atoms with Gasteiger partial charge < -0.3 is 5.73 Å². The maximum atomic E-state index is 5.98. The van der Waals surface area contributed by atoms with Crippen LogP contribution in [0.15, 0.2) is 22.7 Å². The standard InChI is InChI=1S/C11H14BrN/c12-10-5-4-8-2-1-3-11(13)7-9(8)6-10/h4-6,11H,1-3,7,13H2. The van der Waals surface area contributed by atoms with E-state index in [-0.39, 0.29) is 0 Å². The number of fused-ring (bicyclic) bond motifs is 1. The van der Waals surface area contributed by atoms with E-state index in [1.54, 1.807) is 0 Å². The molecule has 2 heteroatoms. The van der Waals surface area contributed by atoms with Gasteiger partial charge in [-0.25, -0.2) is 0 Å². The fraction of sp³-hybridized carbons (Fsp3) is 0.455. The molecule has 1 atom stereocenters. The first kappa shape index (κ1) is 9.22. The Hall–Kier alpha value is -0.340. The Morgan fingerprint density at radius 3 is 3.00 bits per heavy atom. The molecule has 1 aromatic carbocycles. The zero-order valence-electron chi connectivity index (χ0n) is 7.59. The highest BCUT2D eigenvalue weighted by molar-refractivity contribution is 9.10. The molecule has 0 saturated carbocycles. The summed E-state index contributed by atoms with van der Waals surface area (Å²) in [5.41, 5.74) is 8.90. The van der Waals surface area contributed by atoms with Gasteiger partial charge in [0, 0.05) is 10.5 Å². The normalized spacial score (nSPS) is 22.2. The molecule has 1 nitrogen and oxygen atoms in total. The van der Waals surface area contributed by atoms with Gasteiger partial charge in [-0.1, -0.05) is 22.0 Å². The van der Waals surface area contributed by atoms with Gasteiger partial charge in [0.1, 0.15) is 0 Å². The molecular formula is C11H14BrN. The highest BCUT2D eigenvalue weighted by atomic mass is 79.9. The molecular weight excluding hydrogens is 226 g/mol. The van der Waals surface area contributed by atoms with E-state index in [2.05, 4.69) is 34.1 Å². The zero-order valence-corrected chi connectivity index (χ0v) is 9.18. The minimum Gasteiger partial charge on any atom is -0.327 e. The first-order valence-electron chi connectivity index (χ1n) is 4.78. The van der Waals surface area contributed by atoms with Crippen LogP contribution in [-0.4, -0.2) is 6.04 Å². The minimum atomic E-state index is 0.357. The van der Waals surface area contributed by atoms with Gasteiger partial charge in [-0.2, -0.15) is 0 Å². The van der Waals surface area contributed by atoms with Crippen molar-refractivity contribution >= 4 is 15.9 Å². The van der Waals surface area contributed by atoms with Crippen molar-refractivity contribution < 1.29 is 0 Å². The molecule has 0 saturated heterocycles. The summed E-state index contributed by atoms with van der Waals surface area (Å²) in [6.07, 6.45) is 4.62. The van der Waals surface area contributed by atoms with Crippen molar-refractivity contribution in [2.24, 2.45) is 5.73 Å². The van der Waals surface area contributed by atoms with Crippen LogP contribution in [0.4, 0.5) is 0 Å². The van der Waals surface area contributed by atoms with E-state index in [1.165, 1.54) is 28.4 Å². The molecule has 70 valence electrons. The fourth-order valence-electron chi connectivity index (χ4n) is 1.97. The molecule has 0 heterocycles. The van der Waals surface area contributed by atoms with Crippen molar-refractivity contribution in [2.45, 2.75) is 31.7 Å². The van der Waals surface area contributed by atoms with Crippen LogP contribution in [0.1, 0.15) is 24.0 Å². The van der Waals surface area contributed by atoms with Gasteiger partial charge in [-0.3, -0.25) is 0 Å². The Labute approximate surface area is 87.5 Å². The molecule has 1 unspecified atom stereocenters. The lowest BCUT2D eigenvalue weighted by atomic mass is 10.0. The number of hydrogen-bond donors (Lipinski definition) is 1. The zero-order chi connectivity index (χ0) is 9.26. The summed E-state index contributed by atoms with van der Waals surface area (Å²) < 4.78 is 1.17. The van der Waals surface area contributed by atoms with Gasteiger partial charge in [0.05, 0.1) is 0 Å². The molecule has 13 heavy (non-hydrogen) atoms. The molecule has 0 fully saturated rings. The largest absolute Gasteiger partial charge is 0.327 e. The van der Waals surface area contributed by atoms with Crippen LogP contribution in [0, 0.1) is 0 Å². The first-order valence-corrected chi connectivity index (χ1v) is 5.58. The maximum Gasteiger partial charge on any atom is 0.0178 e. The second-order valence-corrected chi connectivity index (χ2v) is 4.69. The summed E-state index contributed by atoms with van der Waals surface area (Å²) >= 11 is 3.50. The summed E-state index contributed by atoms with van der Waals surface area (Å²) in [6, 6.07) is 6.91. The van der Waals surface area contributed by atoms with Gasteiger partial charge in [-0.15, -0.1) is 0 Å². The SMILES string of the molecule is NC1CCCc2ccc(Br)cc2C1. The Balaban J connectivity index is 2.35. The van der Waals surface area contributed by atoms with Crippen LogP contribution < -0.4 is 5.73 Å². The lowest BCUT2D eigenvalue weighted by Crippen LogP contribution is -2.21. The van der Waals surface area contributed by atoms with Crippen molar-refractivity contribution in [3.8, 4) is 0 Å². The topological polar surface area (TPSA) is 26.0 Å². The number of benzene rings is 1. The fourth-order valence-corrected chi connectivity index (χ4v) is 2.38. The van der Waals surface area contributed by atoms with Crippen LogP contribution in [0.2, 0.25) is 0 Å². The Morgan fingerprint density at radius 1 is 1.31 bits per heavy atom. The number of rotatable bonds is 0. The van der Waals surface area contributed by atoms with Crippen molar-refractivity contribution in [3.63, 3.8) is 0 Å². The van der Waals surface area contributed by atoms with Crippen LogP contribution in [0.5, 0.6) is 0 Å². The Bertz CT molecular complexity index is 309. The molecule has 0 bridgehead atoms. The monoisotopic (exact) mass is 239 g/mol. The molecule has 0 spiro atoms. The van der Waals surface area contributed by atoms with E-state index in [0.29, 0.717) is 6.04 Å². The summed E-state index contributed by atoms with van der Waals surface area (Å²) in [5, 5.41) is 0. The van der Waals surface area contributed by atoms with E-state index in [9.17, 15) is 0 Å². The van der Waals surface area contributed by atoms with Crippen LogP contribution in [-0.2, 0) is 12.8 Å². The van der Waals surface area contributed by atoms with E-state index >= 15 is 0 Å². The molecule has 2 N–H and O–H groups in total. The predicted octanol–water partition coefficient (Wildman–Crippen LogP) is 2.66. The first-order chi connectivity index (χ1) is 6.25. The number of hydrogen-bond acceptors (Lipinski definition) is 1. The number of nitrogens with two attached hydrogens (primary N) is 1. The molecule has 0 aliphatic heterocycles. The third-order valence-corrected chi connectivity index (χ3v) is 3.16. The summed E-state index contributed by atoms with van der Waals surface area (Å²) in [5.74, 6) is 0. The van der Waals surface area contributed by atoms with E-state index in [4.69, 9.17) is 5.73 Å². The lowest BCUT2D eigenvalue weighted by molar-refractivity contribution is 0.603. The van der Waals surface area contributed by atoms with Gasteiger partial charge in [-0.05, 0) is 48.9 Å². The molecule has 1 aliphatic carbocycles. The Kier molecular flexibility index (Phi) is 2.70. The van der Waals surface area contributed by atoms with E-state index in [0.717, 1.165) is 12.8 Å². The highest BCUT2D eigenvalue weighted by Crippen LogP contribution is 2.23. The number of aryl methyl sites for hydroxylation is 1. The quantitative estimate of drug-likeness (QED) is 0.693. The van der Waals surface area contributed by atoms with Gasteiger partial charge in [0.25, 0.3) is 0 Å². The number of halogens is 1. The third kappa shape index (κ3) is 2.12. The lowest BCUT2D eigenvalue weighted by Gasteiger charge is -2.08. The van der Waals surface area contributed by atoms with Gasteiger partial charge in [0.2, 0.25) is 0 Å². The molecule has 2 rings (SSSR count). The van der Waals surface area contributed by atoms with Gasteiger partial charge >= 0.3 is 0 Å².